The summed E-state index contributed by atoms with van der Waals surface area (Å²) in [6, 6.07) is 1.80. The average Bonchev–Trinajstić information content (AvgIpc) is 2.31. The average molecular weight is 179 g/mol. The van der Waals surface area contributed by atoms with E-state index in [1.54, 1.807) is 10.7 Å². The van der Waals surface area contributed by atoms with E-state index in [1.807, 2.05) is 13.2 Å². The Morgan fingerprint density at radius 2 is 2.46 bits per heavy atom. The van der Waals surface area contributed by atoms with Crippen molar-refractivity contribution in [3.05, 3.63) is 12.3 Å². The van der Waals surface area contributed by atoms with Crippen LogP contribution in [0.15, 0.2) is 12.3 Å². The van der Waals surface area contributed by atoms with Gasteiger partial charge < -0.3 is 5.32 Å². The Morgan fingerprint density at radius 1 is 1.69 bits per heavy atom. The van der Waals surface area contributed by atoms with Gasteiger partial charge in [0.2, 0.25) is 5.91 Å². The van der Waals surface area contributed by atoms with Crippen LogP contribution < -0.4 is 5.32 Å². The van der Waals surface area contributed by atoms with Crippen molar-refractivity contribution in [2.45, 2.75) is 19.3 Å². The number of nitrogens with zero attached hydrogens (tertiary/aromatic N) is 2. The molecule has 0 aromatic carbocycles. The first kappa shape index (κ1) is 8.29. The molecule has 4 heteroatoms. The van der Waals surface area contributed by atoms with Crippen molar-refractivity contribution in [2.75, 3.05) is 5.32 Å². The lowest BCUT2D eigenvalue weighted by molar-refractivity contribution is -0.122. The minimum Gasteiger partial charge on any atom is -0.309 e. The molecule has 1 aromatic rings. The van der Waals surface area contributed by atoms with Crippen LogP contribution in [0.4, 0.5) is 5.82 Å². The van der Waals surface area contributed by atoms with Crippen LogP contribution in [0.1, 0.15) is 19.3 Å². The van der Waals surface area contributed by atoms with E-state index in [0.29, 0.717) is 5.82 Å². The normalized spacial score (nSPS) is 16.7. The van der Waals surface area contributed by atoms with Crippen molar-refractivity contribution in [1.29, 1.82) is 0 Å². The first-order chi connectivity index (χ1) is 6.25. The smallest absolute Gasteiger partial charge is 0.228 e. The number of carbonyl (C=O) groups excluding carboxylic acids is 1. The highest BCUT2D eigenvalue weighted by Crippen LogP contribution is 2.27. The van der Waals surface area contributed by atoms with Crippen molar-refractivity contribution in [3.8, 4) is 0 Å². The highest BCUT2D eigenvalue weighted by atomic mass is 16.2. The van der Waals surface area contributed by atoms with Crippen LogP contribution in [0.2, 0.25) is 0 Å². The number of anilines is 1. The summed E-state index contributed by atoms with van der Waals surface area (Å²) in [5.41, 5.74) is 0. The highest BCUT2D eigenvalue weighted by Gasteiger charge is 2.25. The second-order valence-electron chi connectivity index (χ2n) is 3.49. The number of hydrogen-bond donors (Lipinski definition) is 1. The molecule has 70 valence electrons. The third-order valence-electron chi connectivity index (χ3n) is 2.44. The van der Waals surface area contributed by atoms with Crippen LogP contribution >= 0.6 is 0 Å². The minimum absolute atomic E-state index is 0.116. The van der Waals surface area contributed by atoms with E-state index in [-0.39, 0.29) is 11.8 Å². The zero-order valence-corrected chi connectivity index (χ0v) is 7.66. The molecule has 1 aliphatic rings. The van der Waals surface area contributed by atoms with E-state index in [4.69, 9.17) is 0 Å². The van der Waals surface area contributed by atoms with Gasteiger partial charge in [0.25, 0.3) is 0 Å². The van der Waals surface area contributed by atoms with E-state index >= 15 is 0 Å². The third kappa shape index (κ3) is 1.71. The summed E-state index contributed by atoms with van der Waals surface area (Å²) in [5, 5.41) is 6.87. The molecule has 1 aromatic heterocycles. The van der Waals surface area contributed by atoms with E-state index in [0.717, 1.165) is 12.8 Å². The van der Waals surface area contributed by atoms with Crippen LogP contribution in [0, 0.1) is 5.92 Å². The van der Waals surface area contributed by atoms with E-state index in [1.165, 1.54) is 6.42 Å². The van der Waals surface area contributed by atoms with E-state index in [9.17, 15) is 4.79 Å². The maximum absolute atomic E-state index is 11.4. The van der Waals surface area contributed by atoms with Gasteiger partial charge in [-0.25, -0.2) is 0 Å². The number of carbonyl (C=O) groups is 1. The van der Waals surface area contributed by atoms with Gasteiger partial charge in [-0.2, -0.15) is 5.10 Å². The number of nitrogens with one attached hydrogen (secondary N) is 1. The van der Waals surface area contributed by atoms with Gasteiger partial charge in [-0.15, -0.1) is 0 Å². The van der Waals surface area contributed by atoms with Gasteiger partial charge in [0.15, 0.2) is 5.82 Å². The lowest BCUT2D eigenvalue weighted by atomic mass is 9.85. The predicted octanol–water partition coefficient (Wildman–Crippen LogP) is 1.16. The van der Waals surface area contributed by atoms with E-state index < -0.39 is 0 Å². The summed E-state index contributed by atoms with van der Waals surface area (Å²) in [4.78, 5) is 11.4. The summed E-state index contributed by atoms with van der Waals surface area (Å²) >= 11 is 0. The number of hydrogen-bond acceptors (Lipinski definition) is 2. The second kappa shape index (κ2) is 3.20. The summed E-state index contributed by atoms with van der Waals surface area (Å²) in [5.74, 6) is 0.992. The number of aromatic nitrogens is 2. The van der Waals surface area contributed by atoms with Crippen molar-refractivity contribution in [2.24, 2.45) is 13.0 Å². The Balaban J connectivity index is 1.93. The Morgan fingerprint density at radius 3 is 2.92 bits per heavy atom. The van der Waals surface area contributed by atoms with Crippen molar-refractivity contribution in [1.82, 2.24) is 9.78 Å². The largest absolute Gasteiger partial charge is 0.309 e. The molecule has 2 rings (SSSR count). The monoisotopic (exact) mass is 179 g/mol. The van der Waals surface area contributed by atoms with Gasteiger partial charge in [-0.05, 0) is 12.8 Å². The van der Waals surface area contributed by atoms with E-state index in [2.05, 4.69) is 10.4 Å². The lowest BCUT2D eigenvalue weighted by Crippen LogP contribution is -2.28. The molecular formula is C9H13N3O. The van der Waals surface area contributed by atoms with Crippen molar-refractivity contribution >= 4 is 11.7 Å². The quantitative estimate of drug-likeness (QED) is 0.740. The molecule has 1 fully saturated rings. The van der Waals surface area contributed by atoms with Crippen LogP contribution in [0.5, 0.6) is 0 Å². The van der Waals surface area contributed by atoms with Crippen LogP contribution in [-0.4, -0.2) is 15.7 Å². The topological polar surface area (TPSA) is 46.9 Å². The van der Waals surface area contributed by atoms with Gasteiger partial charge in [0, 0.05) is 25.2 Å². The Bertz CT molecular complexity index is 314. The number of aryl methyl sites for hydroxylation is 1. The fourth-order valence-corrected chi connectivity index (χ4v) is 1.38. The third-order valence-corrected chi connectivity index (χ3v) is 2.44. The molecule has 13 heavy (non-hydrogen) atoms. The standard InChI is InChI=1S/C9H13N3O/c1-12-6-5-8(11-12)10-9(13)7-3-2-4-7/h5-7H,2-4H2,1H3,(H,10,11,13). The van der Waals surface area contributed by atoms with Crippen molar-refractivity contribution in [3.63, 3.8) is 0 Å². The van der Waals surface area contributed by atoms with Gasteiger partial charge in [-0.1, -0.05) is 6.42 Å². The van der Waals surface area contributed by atoms with Crippen LogP contribution in [0.25, 0.3) is 0 Å². The molecule has 1 amide bonds. The molecule has 0 spiro atoms. The zero-order valence-electron chi connectivity index (χ0n) is 7.66. The Hall–Kier alpha value is -1.32. The molecule has 1 saturated carbocycles. The molecule has 0 saturated heterocycles. The van der Waals surface area contributed by atoms with Crippen molar-refractivity contribution < 1.29 is 4.79 Å². The zero-order chi connectivity index (χ0) is 9.26. The van der Waals surface area contributed by atoms with Crippen LogP contribution in [-0.2, 0) is 11.8 Å². The Kier molecular flexibility index (Phi) is 2.04. The van der Waals surface area contributed by atoms with Gasteiger partial charge in [-0.3, -0.25) is 9.48 Å². The fraction of sp³-hybridized carbons (Fsp3) is 0.556. The molecule has 0 radical (unpaired) electrons. The molecule has 4 nitrogen and oxygen atoms in total. The van der Waals surface area contributed by atoms with Crippen LogP contribution in [0.3, 0.4) is 0 Å². The summed E-state index contributed by atoms with van der Waals surface area (Å²) in [6.07, 6.45) is 5.05. The summed E-state index contributed by atoms with van der Waals surface area (Å²) in [7, 11) is 1.83. The second-order valence-corrected chi connectivity index (χ2v) is 3.49. The molecule has 0 aliphatic heterocycles. The fourth-order valence-electron chi connectivity index (χ4n) is 1.38. The maximum Gasteiger partial charge on any atom is 0.228 e. The maximum atomic E-state index is 11.4. The molecular weight excluding hydrogens is 166 g/mol. The first-order valence-corrected chi connectivity index (χ1v) is 4.56. The lowest BCUT2D eigenvalue weighted by Gasteiger charge is -2.23. The molecule has 1 aliphatic carbocycles. The molecule has 1 heterocycles. The SMILES string of the molecule is Cn1ccc(NC(=O)C2CCC2)n1. The van der Waals surface area contributed by atoms with Gasteiger partial charge in [0.1, 0.15) is 0 Å². The molecule has 1 N–H and O–H groups in total. The minimum atomic E-state index is 0.116. The Labute approximate surface area is 76.9 Å². The van der Waals surface area contributed by atoms with Gasteiger partial charge >= 0.3 is 0 Å². The number of amides is 1. The highest BCUT2D eigenvalue weighted by molar-refractivity contribution is 5.92. The molecule has 0 unspecified atom stereocenters. The predicted molar refractivity (Wildman–Crippen MR) is 49.2 cm³/mol. The summed E-state index contributed by atoms with van der Waals surface area (Å²) < 4.78 is 1.68. The number of rotatable bonds is 2. The van der Waals surface area contributed by atoms with Gasteiger partial charge in [0.05, 0.1) is 0 Å². The molecule has 0 bridgehead atoms. The molecule has 0 atom stereocenters. The summed E-state index contributed by atoms with van der Waals surface area (Å²) in [6.45, 7) is 0. The first-order valence-electron chi connectivity index (χ1n) is 4.56.